The van der Waals surface area contributed by atoms with Crippen LogP contribution in [0.3, 0.4) is 0 Å². The number of halogens is 2. The Morgan fingerprint density at radius 1 is 1.10 bits per heavy atom. The molecule has 0 aliphatic carbocycles. The Kier molecular flexibility index (Phi) is 6.85. The van der Waals surface area contributed by atoms with Crippen LogP contribution in [-0.2, 0) is 29.7 Å². The quantitative estimate of drug-likeness (QED) is 0.316. The number of anilines is 1. The van der Waals surface area contributed by atoms with E-state index in [2.05, 4.69) is 4.98 Å². The molecule has 11 heteroatoms. The Bertz CT molecular complexity index is 1690. The third-order valence-corrected chi connectivity index (χ3v) is 7.84. The van der Waals surface area contributed by atoms with Crippen molar-refractivity contribution < 1.29 is 31.5 Å². The van der Waals surface area contributed by atoms with Crippen molar-refractivity contribution in [3.8, 4) is 11.5 Å². The molecule has 0 radical (unpaired) electrons. The molecule has 0 N–H and O–H groups in total. The number of carbonyl (C=O) groups is 1. The van der Waals surface area contributed by atoms with Crippen LogP contribution in [-0.4, -0.2) is 44.6 Å². The number of rotatable bonds is 8. The molecule has 0 saturated carbocycles. The molecule has 202 valence electrons. The molecular weight excluding hydrogens is 528 g/mol. The van der Waals surface area contributed by atoms with Gasteiger partial charge in [-0.15, -0.1) is 0 Å². The number of methoxy groups -OCH3 is 1. The summed E-state index contributed by atoms with van der Waals surface area (Å²) in [5.41, 5.74) is 1.92. The summed E-state index contributed by atoms with van der Waals surface area (Å²) in [6.07, 6.45) is 2.59. The third kappa shape index (κ3) is 4.97. The Balaban J connectivity index is 1.65. The second kappa shape index (κ2) is 10.1. The molecule has 1 aliphatic rings. The zero-order valence-corrected chi connectivity index (χ0v) is 22.3. The Morgan fingerprint density at radius 3 is 2.54 bits per heavy atom. The molecule has 1 amide bonds. The summed E-state index contributed by atoms with van der Waals surface area (Å²) >= 11 is 0. The zero-order valence-electron chi connectivity index (χ0n) is 21.4. The van der Waals surface area contributed by atoms with Gasteiger partial charge in [0, 0.05) is 42.8 Å². The van der Waals surface area contributed by atoms with Crippen LogP contribution in [0.5, 0.6) is 11.5 Å². The van der Waals surface area contributed by atoms with Gasteiger partial charge in [-0.3, -0.25) is 14.1 Å². The number of hydrogen-bond acceptors (Lipinski definition) is 6. The molecule has 2 heterocycles. The molecule has 5 rings (SSSR count). The summed E-state index contributed by atoms with van der Waals surface area (Å²) in [6, 6.07) is 13.6. The van der Waals surface area contributed by atoms with Crippen LogP contribution < -0.4 is 13.8 Å². The number of ether oxygens (including phenoxy) is 2. The lowest BCUT2D eigenvalue weighted by atomic mass is 10.0. The minimum Gasteiger partial charge on any atom is -0.497 e. The van der Waals surface area contributed by atoms with Crippen molar-refractivity contribution in [1.29, 1.82) is 0 Å². The molecule has 4 aromatic rings. The van der Waals surface area contributed by atoms with Crippen molar-refractivity contribution in [2.45, 2.75) is 19.7 Å². The molecule has 3 aromatic carbocycles. The maximum absolute atomic E-state index is 14.5. The van der Waals surface area contributed by atoms with Crippen molar-refractivity contribution in [3.63, 3.8) is 0 Å². The van der Waals surface area contributed by atoms with E-state index >= 15 is 0 Å². The first kappa shape index (κ1) is 26.4. The highest BCUT2D eigenvalue weighted by Gasteiger charge is 2.38. The molecule has 0 saturated heterocycles. The number of hydrogen-bond donors (Lipinski definition) is 0. The SMILES string of the molecule is COc1ccc(COc2c3c(c(N(C)S(C)(=O)=O)c4cccnc24)CN(Cc2cc(F)ccc2F)C3=O)cc1. The zero-order chi connectivity index (χ0) is 27.9. The van der Waals surface area contributed by atoms with E-state index in [1.807, 2.05) is 12.1 Å². The Hall–Kier alpha value is -4.25. The highest BCUT2D eigenvalue weighted by Crippen LogP contribution is 2.45. The number of amides is 1. The van der Waals surface area contributed by atoms with Crippen LogP contribution in [0.25, 0.3) is 10.9 Å². The summed E-state index contributed by atoms with van der Waals surface area (Å²) in [5, 5.41) is 0.473. The maximum atomic E-state index is 14.5. The number of pyridine rings is 1. The molecule has 1 aliphatic heterocycles. The third-order valence-electron chi connectivity index (χ3n) is 6.67. The summed E-state index contributed by atoms with van der Waals surface area (Å²) in [5.74, 6) is -0.929. The predicted molar refractivity (Wildman–Crippen MR) is 142 cm³/mol. The number of benzene rings is 3. The number of carbonyl (C=O) groups excluding carboxylic acids is 1. The van der Waals surface area contributed by atoms with E-state index < -0.39 is 27.6 Å². The molecule has 39 heavy (non-hydrogen) atoms. The number of nitrogens with zero attached hydrogens (tertiary/aromatic N) is 3. The van der Waals surface area contributed by atoms with Crippen LogP contribution in [0, 0.1) is 11.6 Å². The Morgan fingerprint density at radius 2 is 1.85 bits per heavy atom. The van der Waals surface area contributed by atoms with Crippen molar-refractivity contribution in [3.05, 3.63) is 94.7 Å². The first-order valence-corrected chi connectivity index (χ1v) is 13.8. The molecule has 1 aromatic heterocycles. The highest BCUT2D eigenvalue weighted by atomic mass is 32.2. The maximum Gasteiger partial charge on any atom is 0.258 e. The normalized spacial score (nSPS) is 13.1. The smallest absolute Gasteiger partial charge is 0.258 e. The van der Waals surface area contributed by atoms with Crippen molar-refractivity contribution >= 4 is 32.5 Å². The molecule has 0 unspecified atom stereocenters. The van der Waals surface area contributed by atoms with Crippen LogP contribution in [0.4, 0.5) is 14.5 Å². The predicted octanol–water partition coefficient (Wildman–Crippen LogP) is 4.65. The fraction of sp³-hybridized carbons (Fsp3) is 0.214. The average molecular weight is 554 g/mol. The summed E-state index contributed by atoms with van der Waals surface area (Å²) < 4.78 is 66.1. The molecule has 0 spiro atoms. The fourth-order valence-electron chi connectivity index (χ4n) is 4.66. The lowest BCUT2D eigenvalue weighted by molar-refractivity contribution is 0.0761. The average Bonchev–Trinajstić information content (AvgIpc) is 3.23. The van der Waals surface area contributed by atoms with E-state index in [4.69, 9.17) is 9.47 Å². The molecule has 0 atom stereocenters. The number of aromatic nitrogens is 1. The van der Waals surface area contributed by atoms with E-state index in [-0.39, 0.29) is 42.3 Å². The van der Waals surface area contributed by atoms with Gasteiger partial charge in [0.25, 0.3) is 5.91 Å². The first-order chi connectivity index (χ1) is 18.6. The summed E-state index contributed by atoms with van der Waals surface area (Å²) in [4.78, 5) is 19.6. The van der Waals surface area contributed by atoms with Crippen molar-refractivity contribution in [1.82, 2.24) is 9.88 Å². The summed E-state index contributed by atoms with van der Waals surface area (Å²) in [6.45, 7) is -0.168. The van der Waals surface area contributed by atoms with E-state index in [0.717, 1.165) is 34.3 Å². The first-order valence-electron chi connectivity index (χ1n) is 11.9. The van der Waals surface area contributed by atoms with E-state index in [0.29, 0.717) is 22.2 Å². The number of sulfonamides is 1. The lowest BCUT2D eigenvalue weighted by Crippen LogP contribution is -2.26. The molecule has 0 bridgehead atoms. The lowest BCUT2D eigenvalue weighted by Gasteiger charge is -2.23. The van der Waals surface area contributed by atoms with E-state index in [1.54, 1.807) is 31.4 Å². The van der Waals surface area contributed by atoms with Gasteiger partial charge in [0.2, 0.25) is 10.0 Å². The van der Waals surface area contributed by atoms with Crippen LogP contribution in [0.1, 0.15) is 27.0 Å². The monoisotopic (exact) mass is 553 g/mol. The van der Waals surface area contributed by atoms with Crippen LogP contribution in [0.2, 0.25) is 0 Å². The van der Waals surface area contributed by atoms with Gasteiger partial charge in [0.15, 0.2) is 5.75 Å². The van der Waals surface area contributed by atoms with Gasteiger partial charge in [-0.2, -0.15) is 0 Å². The van der Waals surface area contributed by atoms with Crippen LogP contribution >= 0.6 is 0 Å². The standard InChI is InChI=1S/C28H25F2N3O5S/c1-32(39(3,35)36)26-21-5-4-12-31-25(21)27(38-16-17-6-9-20(37-2)10-7-17)24-22(26)15-33(28(24)34)14-18-13-19(29)8-11-23(18)30/h4-13H,14-16H2,1-3H3. The van der Waals surface area contributed by atoms with Crippen molar-refractivity contribution in [2.24, 2.45) is 0 Å². The van der Waals surface area contributed by atoms with Crippen molar-refractivity contribution in [2.75, 3.05) is 24.7 Å². The van der Waals surface area contributed by atoms with Gasteiger partial charge in [-0.05, 0) is 48.0 Å². The van der Waals surface area contributed by atoms with E-state index in [1.165, 1.54) is 18.1 Å². The van der Waals surface area contributed by atoms with Gasteiger partial charge in [-0.1, -0.05) is 12.1 Å². The van der Waals surface area contributed by atoms with Gasteiger partial charge in [0.1, 0.15) is 29.5 Å². The number of fused-ring (bicyclic) bond motifs is 2. The molecular formula is C28H25F2N3O5S. The largest absolute Gasteiger partial charge is 0.497 e. The molecule has 0 fully saturated rings. The highest BCUT2D eigenvalue weighted by molar-refractivity contribution is 7.92. The van der Waals surface area contributed by atoms with Crippen LogP contribution in [0.15, 0.2) is 60.8 Å². The molecule has 8 nitrogen and oxygen atoms in total. The van der Waals surface area contributed by atoms with E-state index in [9.17, 15) is 22.0 Å². The second-order valence-electron chi connectivity index (χ2n) is 9.20. The van der Waals surface area contributed by atoms with Gasteiger partial charge >= 0.3 is 0 Å². The summed E-state index contributed by atoms with van der Waals surface area (Å²) in [7, 11) is -0.775. The minimum atomic E-state index is -3.74. The fourth-order valence-corrected chi connectivity index (χ4v) is 5.20. The van der Waals surface area contributed by atoms with Gasteiger partial charge < -0.3 is 14.4 Å². The van der Waals surface area contributed by atoms with Gasteiger partial charge in [0.05, 0.1) is 24.6 Å². The topological polar surface area (TPSA) is 89.0 Å². The Labute approximate surface area is 224 Å². The second-order valence-corrected chi connectivity index (χ2v) is 11.2. The van der Waals surface area contributed by atoms with Gasteiger partial charge in [-0.25, -0.2) is 17.2 Å². The minimum absolute atomic E-state index is 0.00226.